The van der Waals surface area contributed by atoms with Crippen LogP contribution >= 0.6 is 0 Å². The van der Waals surface area contributed by atoms with Gasteiger partial charge < -0.3 is 15.2 Å². The maximum Gasteiger partial charge on any atom is 0.125 e. The lowest BCUT2D eigenvalue weighted by Crippen LogP contribution is -2.12. The van der Waals surface area contributed by atoms with E-state index < -0.39 is 0 Å². The van der Waals surface area contributed by atoms with Crippen LogP contribution in [0.1, 0.15) is 11.1 Å². The van der Waals surface area contributed by atoms with E-state index in [1.54, 1.807) is 7.11 Å². The lowest BCUT2D eigenvalue weighted by molar-refractivity contribution is 0.296. The van der Waals surface area contributed by atoms with Gasteiger partial charge >= 0.3 is 0 Å². The maximum atomic E-state index is 7.26. The molecule has 0 spiro atoms. The number of nitrogens with one attached hydrogen (secondary N) is 1. The third-order valence-corrected chi connectivity index (χ3v) is 2.90. The van der Waals surface area contributed by atoms with Crippen LogP contribution < -0.4 is 15.2 Å². The summed E-state index contributed by atoms with van der Waals surface area (Å²) < 4.78 is 11.0. The van der Waals surface area contributed by atoms with Crippen molar-refractivity contribution in [3.8, 4) is 11.5 Å². The third-order valence-electron chi connectivity index (χ3n) is 2.90. The van der Waals surface area contributed by atoms with Crippen LogP contribution in [0.3, 0.4) is 0 Å². The normalized spacial score (nSPS) is 10.1. The van der Waals surface area contributed by atoms with Crippen LogP contribution in [-0.2, 0) is 13.0 Å². The summed E-state index contributed by atoms with van der Waals surface area (Å²) >= 11 is 0. The number of ether oxygens (including phenoxy) is 2. The molecule has 2 aromatic carbocycles. The minimum absolute atomic E-state index is 0.160. The molecule has 0 fully saturated rings. The fourth-order valence-corrected chi connectivity index (χ4v) is 1.91. The van der Waals surface area contributed by atoms with Gasteiger partial charge in [0.2, 0.25) is 0 Å². The third kappa shape index (κ3) is 3.75. The van der Waals surface area contributed by atoms with Gasteiger partial charge in [-0.3, -0.25) is 5.41 Å². The highest BCUT2D eigenvalue weighted by molar-refractivity contribution is 5.79. The van der Waals surface area contributed by atoms with Crippen LogP contribution in [0.4, 0.5) is 0 Å². The van der Waals surface area contributed by atoms with Crippen molar-refractivity contribution in [2.75, 3.05) is 7.11 Å². The lowest BCUT2D eigenvalue weighted by atomic mass is 10.1. The van der Waals surface area contributed by atoms with Gasteiger partial charge in [-0.2, -0.15) is 0 Å². The van der Waals surface area contributed by atoms with Crippen molar-refractivity contribution >= 4 is 5.84 Å². The zero-order chi connectivity index (χ0) is 14.4. The molecule has 0 saturated heterocycles. The molecule has 0 heterocycles. The van der Waals surface area contributed by atoms with E-state index in [2.05, 4.69) is 0 Å². The van der Waals surface area contributed by atoms with Crippen molar-refractivity contribution in [1.82, 2.24) is 0 Å². The summed E-state index contributed by atoms with van der Waals surface area (Å²) in [5.74, 6) is 1.76. The second kappa shape index (κ2) is 6.61. The Balaban J connectivity index is 1.98. The Hall–Kier alpha value is -2.49. The van der Waals surface area contributed by atoms with Crippen LogP contribution in [-0.4, -0.2) is 12.9 Å². The predicted octanol–water partition coefficient (Wildman–Crippen LogP) is 2.75. The van der Waals surface area contributed by atoms with Crippen molar-refractivity contribution in [1.29, 1.82) is 5.41 Å². The maximum absolute atomic E-state index is 7.26. The number of rotatable bonds is 6. The zero-order valence-corrected chi connectivity index (χ0v) is 11.4. The Labute approximate surface area is 118 Å². The van der Waals surface area contributed by atoms with Gasteiger partial charge in [-0.05, 0) is 23.8 Å². The van der Waals surface area contributed by atoms with Crippen LogP contribution in [0, 0.1) is 5.41 Å². The molecule has 0 radical (unpaired) electrons. The molecule has 0 aromatic heterocycles. The topological polar surface area (TPSA) is 68.3 Å². The molecule has 2 rings (SSSR count). The molecule has 0 aliphatic heterocycles. The van der Waals surface area contributed by atoms with Gasteiger partial charge in [-0.25, -0.2) is 0 Å². The van der Waals surface area contributed by atoms with Gasteiger partial charge in [0, 0.05) is 12.0 Å². The van der Waals surface area contributed by atoms with Gasteiger partial charge in [0.15, 0.2) is 0 Å². The van der Waals surface area contributed by atoms with Gasteiger partial charge in [-0.15, -0.1) is 0 Å². The molecule has 4 heteroatoms. The fourth-order valence-electron chi connectivity index (χ4n) is 1.91. The first-order valence-electron chi connectivity index (χ1n) is 6.35. The highest BCUT2D eigenvalue weighted by Gasteiger charge is 2.03. The summed E-state index contributed by atoms with van der Waals surface area (Å²) in [7, 11) is 1.65. The molecule has 0 unspecified atom stereocenters. The zero-order valence-electron chi connectivity index (χ0n) is 11.4. The van der Waals surface area contributed by atoms with Crippen molar-refractivity contribution in [2.24, 2.45) is 5.73 Å². The molecule has 3 N–H and O–H groups in total. The lowest BCUT2D eigenvalue weighted by Gasteiger charge is -2.10. The van der Waals surface area contributed by atoms with Gasteiger partial charge in [0.25, 0.3) is 0 Å². The molecular formula is C16H18N2O2. The Bertz CT molecular complexity index is 579. The average Bonchev–Trinajstić information content (AvgIpc) is 2.46. The van der Waals surface area contributed by atoms with Crippen molar-refractivity contribution in [2.45, 2.75) is 13.0 Å². The van der Waals surface area contributed by atoms with Gasteiger partial charge in [0.1, 0.15) is 18.1 Å². The molecule has 4 nitrogen and oxygen atoms in total. The molecule has 0 saturated carbocycles. The number of hydrogen-bond acceptors (Lipinski definition) is 3. The molecule has 0 bridgehead atoms. The second-order valence-electron chi connectivity index (χ2n) is 4.45. The summed E-state index contributed by atoms with van der Waals surface area (Å²) in [6, 6.07) is 15.4. The summed E-state index contributed by atoms with van der Waals surface area (Å²) in [6.45, 7) is 0.454. The smallest absolute Gasteiger partial charge is 0.125 e. The molecule has 0 amide bonds. The summed E-state index contributed by atoms with van der Waals surface area (Å²) in [5, 5.41) is 7.26. The number of methoxy groups -OCH3 is 1. The highest BCUT2D eigenvalue weighted by atomic mass is 16.5. The van der Waals surface area contributed by atoms with E-state index in [9.17, 15) is 0 Å². The first-order chi connectivity index (χ1) is 9.69. The standard InChI is InChI=1S/C16H18N2O2/c1-19-15-5-3-2-4-13(15)11-20-14-8-6-12(7-9-14)10-16(17)18/h2-9H,10-11H2,1H3,(H3,17,18). The Morgan fingerprint density at radius 3 is 2.45 bits per heavy atom. The van der Waals surface area contributed by atoms with Gasteiger partial charge in [-0.1, -0.05) is 30.3 Å². The van der Waals surface area contributed by atoms with Crippen molar-refractivity contribution in [3.05, 3.63) is 59.7 Å². The van der Waals surface area contributed by atoms with Gasteiger partial charge in [0.05, 0.1) is 12.9 Å². The SMILES string of the molecule is COc1ccccc1COc1ccc(CC(=N)N)cc1. The number of hydrogen-bond donors (Lipinski definition) is 2. The molecule has 20 heavy (non-hydrogen) atoms. The minimum atomic E-state index is 0.160. The Morgan fingerprint density at radius 1 is 1.10 bits per heavy atom. The average molecular weight is 270 g/mol. The fraction of sp³-hybridized carbons (Fsp3) is 0.188. The minimum Gasteiger partial charge on any atom is -0.496 e. The van der Waals surface area contributed by atoms with Crippen LogP contribution in [0.5, 0.6) is 11.5 Å². The second-order valence-corrected chi connectivity index (χ2v) is 4.45. The van der Waals surface area contributed by atoms with Crippen LogP contribution in [0.15, 0.2) is 48.5 Å². The summed E-state index contributed by atoms with van der Waals surface area (Å²) in [6.07, 6.45) is 0.465. The van der Waals surface area contributed by atoms with E-state index in [-0.39, 0.29) is 5.84 Å². The predicted molar refractivity (Wildman–Crippen MR) is 79.4 cm³/mol. The number of para-hydroxylation sites is 1. The number of benzene rings is 2. The van der Waals surface area contributed by atoms with E-state index in [1.807, 2.05) is 48.5 Å². The quantitative estimate of drug-likeness (QED) is 0.626. The van der Waals surface area contributed by atoms with Crippen LogP contribution in [0.25, 0.3) is 0 Å². The van der Waals surface area contributed by atoms with E-state index in [1.165, 1.54) is 0 Å². The van der Waals surface area contributed by atoms with Crippen LogP contribution in [0.2, 0.25) is 0 Å². The molecule has 0 atom stereocenters. The van der Waals surface area contributed by atoms with Crippen molar-refractivity contribution in [3.63, 3.8) is 0 Å². The number of nitrogens with two attached hydrogens (primary N) is 1. The van der Waals surface area contributed by atoms with E-state index in [0.29, 0.717) is 13.0 Å². The molecule has 0 aliphatic carbocycles. The number of amidine groups is 1. The first kappa shape index (κ1) is 13.9. The Morgan fingerprint density at radius 2 is 1.80 bits per heavy atom. The van der Waals surface area contributed by atoms with E-state index >= 15 is 0 Å². The van der Waals surface area contributed by atoms with E-state index in [4.69, 9.17) is 20.6 Å². The molecule has 104 valence electrons. The monoisotopic (exact) mass is 270 g/mol. The highest BCUT2D eigenvalue weighted by Crippen LogP contribution is 2.20. The molecular weight excluding hydrogens is 252 g/mol. The molecule has 0 aliphatic rings. The largest absolute Gasteiger partial charge is 0.496 e. The summed E-state index contributed by atoms with van der Waals surface area (Å²) in [4.78, 5) is 0. The van der Waals surface area contributed by atoms with Crippen molar-refractivity contribution < 1.29 is 9.47 Å². The molecule has 2 aromatic rings. The first-order valence-corrected chi connectivity index (χ1v) is 6.35. The van der Waals surface area contributed by atoms with E-state index in [0.717, 1.165) is 22.6 Å². The summed E-state index contributed by atoms with van der Waals surface area (Å²) in [5.41, 5.74) is 7.37. The Kier molecular flexibility index (Phi) is 4.60.